The van der Waals surface area contributed by atoms with Gasteiger partial charge in [0.2, 0.25) is 10.0 Å². The molecular weight excluding hydrogens is 330 g/mol. The number of aryl methyl sites for hydroxylation is 1. The van der Waals surface area contributed by atoms with Gasteiger partial charge in [0, 0.05) is 18.6 Å². The maximum Gasteiger partial charge on any atom is 0.240 e. The van der Waals surface area contributed by atoms with Crippen molar-refractivity contribution in [3.05, 3.63) is 47.8 Å². The lowest BCUT2D eigenvalue weighted by Gasteiger charge is -2.06. The van der Waals surface area contributed by atoms with E-state index < -0.39 is 10.0 Å². The van der Waals surface area contributed by atoms with Gasteiger partial charge in [-0.25, -0.2) is 13.1 Å². The Morgan fingerprint density at radius 1 is 1.26 bits per heavy atom. The molecule has 0 radical (unpaired) electrons. The Kier molecular flexibility index (Phi) is 4.38. The van der Waals surface area contributed by atoms with Crippen LogP contribution in [0.2, 0.25) is 0 Å². The van der Waals surface area contributed by atoms with E-state index in [0.29, 0.717) is 11.0 Å². The number of halogens is 1. The third-order valence-corrected chi connectivity index (χ3v) is 4.66. The van der Waals surface area contributed by atoms with Gasteiger partial charge in [0.05, 0.1) is 17.1 Å². The average Bonchev–Trinajstić information content (AvgIpc) is 2.82. The molecule has 1 heterocycles. The fourth-order valence-electron chi connectivity index (χ4n) is 1.57. The molecule has 0 aliphatic heterocycles. The van der Waals surface area contributed by atoms with Crippen LogP contribution in [0.25, 0.3) is 0 Å². The number of aromatic nitrogens is 2. The first kappa shape index (κ1) is 14.2. The van der Waals surface area contributed by atoms with Gasteiger partial charge in [-0.1, -0.05) is 28.1 Å². The molecule has 5 nitrogen and oxygen atoms in total. The SMILES string of the molecule is Cn1ccc(CNS(=O)(=O)c2ccc(CBr)cc2)n1. The topological polar surface area (TPSA) is 64.0 Å². The molecule has 0 unspecified atom stereocenters. The van der Waals surface area contributed by atoms with Gasteiger partial charge in [-0.05, 0) is 23.8 Å². The minimum absolute atomic E-state index is 0.184. The summed E-state index contributed by atoms with van der Waals surface area (Å²) in [7, 11) is -1.70. The molecule has 102 valence electrons. The number of alkyl halides is 1. The number of nitrogens with one attached hydrogen (secondary N) is 1. The Balaban J connectivity index is 2.09. The molecule has 0 aliphatic carbocycles. The van der Waals surface area contributed by atoms with E-state index in [1.165, 1.54) is 0 Å². The van der Waals surface area contributed by atoms with Gasteiger partial charge >= 0.3 is 0 Å². The molecule has 0 spiro atoms. The standard InChI is InChI=1S/C12H14BrN3O2S/c1-16-7-6-11(15-16)9-14-19(17,18)12-4-2-10(8-13)3-5-12/h2-7,14H,8-9H2,1H3. The third-order valence-electron chi connectivity index (χ3n) is 2.60. The quantitative estimate of drug-likeness (QED) is 0.842. The van der Waals surface area contributed by atoms with Crippen LogP contribution in [0.5, 0.6) is 0 Å². The van der Waals surface area contributed by atoms with E-state index in [2.05, 4.69) is 25.8 Å². The maximum atomic E-state index is 12.1. The van der Waals surface area contributed by atoms with Gasteiger partial charge in [-0.15, -0.1) is 0 Å². The lowest BCUT2D eigenvalue weighted by atomic mass is 10.2. The van der Waals surface area contributed by atoms with Crippen LogP contribution < -0.4 is 4.72 Å². The third kappa shape index (κ3) is 3.65. The van der Waals surface area contributed by atoms with Crippen LogP contribution in [0.15, 0.2) is 41.4 Å². The predicted molar refractivity (Wildman–Crippen MR) is 76.3 cm³/mol. The van der Waals surface area contributed by atoms with E-state index in [9.17, 15) is 8.42 Å². The van der Waals surface area contributed by atoms with Gasteiger partial charge in [0.1, 0.15) is 0 Å². The molecule has 0 atom stereocenters. The summed E-state index contributed by atoms with van der Waals surface area (Å²) >= 11 is 3.32. The van der Waals surface area contributed by atoms with Crippen molar-refractivity contribution >= 4 is 26.0 Å². The fraction of sp³-hybridized carbons (Fsp3) is 0.250. The molecule has 2 rings (SSSR count). The Bertz CT molecular complexity index is 650. The zero-order valence-electron chi connectivity index (χ0n) is 10.4. The minimum atomic E-state index is -3.49. The maximum absolute atomic E-state index is 12.1. The summed E-state index contributed by atoms with van der Waals surface area (Å²) in [4.78, 5) is 0.258. The van der Waals surface area contributed by atoms with E-state index in [4.69, 9.17) is 0 Å². The molecule has 1 aromatic carbocycles. The van der Waals surface area contributed by atoms with Gasteiger partial charge < -0.3 is 0 Å². The first-order chi connectivity index (χ1) is 9.01. The summed E-state index contributed by atoms with van der Waals surface area (Å²) in [6.45, 7) is 0.184. The van der Waals surface area contributed by atoms with E-state index in [-0.39, 0.29) is 11.4 Å². The van der Waals surface area contributed by atoms with Gasteiger partial charge in [0.15, 0.2) is 0 Å². The highest BCUT2D eigenvalue weighted by Gasteiger charge is 2.13. The summed E-state index contributed by atoms with van der Waals surface area (Å²) in [5.74, 6) is 0. The lowest BCUT2D eigenvalue weighted by molar-refractivity contribution is 0.579. The van der Waals surface area contributed by atoms with Gasteiger partial charge in [0.25, 0.3) is 0 Å². The van der Waals surface area contributed by atoms with E-state index in [1.807, 2.05) is 0 Å². The number of rotatable bonds is 5. The summed E-state index contributed by atoms with van der Waals surface area (Å²) < 4.78 is 28.3. The zero-order valence-corrected chi connectivity index (χ0v) is 12.8. The van der Waals surface area contributed by atoms with Crippen LogP contribution in [-0.4, -0.2) is 18.2 Å². The molecule has 1 aromatic heterocycles. The van der Waals surface area contributed by atoms with Crippen LogP contribution in [0.1, 0.15) is 11.3 Å². The molecule has 0 amide bonds. The number of nitrogens with zero attached hydrogens (tertiary/aromatic N) is 2. The van der Waals surface area contributed by atoms with Crippen molar-refractivity contribution in [2.75, 3.05) is 0 Å². The Morgan fingerprint density at radius 3 is 2.47 bits per heavy atom. The van der Waals surface area contributed by atoms with Crippen molar-refractivity contribution in [1.29, 1.82) is 0 Å². The Labute approximate surface area is 120 Å². The van der Waals surface area contributed by atoms with Crippen LogP contribution in [0.4, 0.5) is 0 Å². The highest BCUT2D eigenvalue weighted by atomic mass is 79.9. The van der Waals surface area contributed by atoms with Crippen LogP contribution in [0.3, 0.4) is 0 Å². The van der Waals surface area contributed by atoms with Crippen LogP contribution in [0, 0.1) is 0 Å². The first-order valence-electron chi connectivity index (χ1n) is 5.64. The molecule has 19 heavy (non-hydrogen) atoms. The summed E-state index contributed by atoms with van der Waals surface area (Å²) in [5, 5.41) is 4.82. The molecular formula is C12H14BrN3O2S. The Hall–Kier alpha value is -1.18. The molecule has 0 aliphatic rings. The molecule has 1 N–H and O–H groups in total. The van der Waals surface area contributed by atoms with Crippen molar-refractivity contribution in [3.63, 3.8) is 0 Å². The highest BCUT2D eigenvalue weighted by molar-refractivity contribution is 9.08. The summed E-state index contributed by atoms with van der Waals surface area (Å²) in [6.07, 6.45) is 1.77. The largest absolute Gasteiger partial charge is 0.276 e. The fourth-order valence-corrected chi connectivity index (χ4v) is 2.94. The van der Waals surface area contributed by atoms with E-state index >= 15 is 0 Å². The number of sulfonamides is 1. The van der Waals surface area contributed by atoms with Gasteiger partial charge in [-0.2, -0.15) is 5.10 Å². The molecule has 0 saturated carbocycles. The average molecular weight is 344 g/mol. The van der Waals surface area contributed by atoms with Crippen LogP contribution >= 0.6 is 15.9 Å². The smallest absolute Gasteiger partial charge is 0.240 e. The van der Waals surface area contributed by atoms with Crippen molar-refractivity contribution in [2.45, 2.75) is 16.8 Å². The van der Waals surface area contributed by atoms with Crippen LogP contribution in [-0.2, 0) is 28.9 Å². The Morgan fingerprint density at radius 2 is 1.95 bits per heavy atom. The number of hydrogen-bond acceptors (Lipinski definition) is 3. The van der Waals surface area contributed by atoms with Crippen molar-refractivity contribution in [3.8, 4) is 0 Å². The predicted octanol–water partition coefficient (Wildman–Crippen LogP) is 1.79. The van der Waals surface area contributed by atoms with E-state index in [0.717, 1.165) is 5.56 Å². The molecule has 2 aromatic rings. The second kappa shape index (κ2) is 5.85. The second-order valence-electron chi connectivity index (χ2n) is 4.08. The minimum Gasteiger partial charge on any atom is -0.276 e. The van der Waals surface area contributed by atoms with Crippen molar-refractivity contribution in [2.24, 2.45) is 7.05 Å². The number of hydrogen-bond donors (Lipinski definition) is 1. The zero-order chi connectivity index (χ0) is 13.9. The molecule has 0 saturated heterocycles. The van der Waals surface area contributed by atoms with E-state index in [1.54, 1.807) is 48.3 Å². The van der Waals surface area contributed by atoms with Crippen molar-refractivity contribution < 1.29 is 8.42 Å². The number of benzene rings is 1. The molecule has 0 bridgehead atoms. The second-order valence-corrected chi connectivity index (χ2v) is 6.41. The normalized spacial score (nSPS) is 11.7. The monoisotopic (exact) mass is 343 g/mol. The molecule has 7 heteroatoms. The lowest BCUT2D eigenvalue weighted by Crippen LogP contribution is -2.23. The van der Waals surface area contributed by atoms with Crippen molar-refractivity contribution in [1.82, 2.24) is 14.5 Å². The first-order valence-corrected chi connectivity index (χ1v) is 8.25. The highest BCUT2D eigenvalue weighted by Crippen LogP contribution is 2.12. The summed E-state index contributed by atoms with van der Waals surface area (Å²) in [6, 6.07) is 8.53. The van der Waals surface area contributed by atoms with Gasteiger partial charge in [-0.3, -0.25) is 4.68 Å². The molecule has 0 fully saturated rings. The summed E-state index contributed by atoms with van der Waals surface area (Å²) in [5.41, 5.74) is 1.71.